The van der Waals surface area contributed by atoms with Gasteiger partial charge in [-0.05, 0) is 83.0 Å². The summed E-state index contributed by atoms with van der Waals surface area (Å²) in [6, 6.07) is 4.47. The Labute approximate surface area is 201 Å². The van der Waals surface area contributed by atoms with Gasteiger partial charge >= 0.3 is 0 Å². The topological polar surface area (TPSA) is 57.6 Å². The fourth-order valence-corrected chi connectivity index (χ4v) is 6.95. The largest absolute Gasteiger partial charge is 0.351 e. The van der Waals surface area contributed by atoms with Gasteiger partial charge in [0.25, 0.3) is 5.91 Å². The van der Waals surface area contributed by atoms with E-state index >= 15 is 0 Å². The molecular formula is C26H38N4O2S. The summed E-state index contributed by atoms with van der Waals surface area (Å²) in [7, 11) is 0. The van der Waals surface area contributed by atoms with Crippen LogP contribution in [0.1, 0.15) is 74.7 Å². The van der Waals surface area contributed by atoms with E-state index in [-0.39, 0.29) is 17.9 Å². The Bertz CT molecular complexity index is 1030. The maximum Gasteiger partial charge on any atom is 0.271 e. The Kier molecular flexibility index (Phi) is 6.29. The average Bonchev–Trinajstić information content (AvgIpc) is 3.52. The SMILES string of the molecule is CCc1cc2c(cc3n2CC(C)(C(=O)NC2CCC(C)CC2)N(CCN2CCCC2)C3=O)s1. The smallest absolute Gasteiger partial charge is 0.271 e. The number of aromatic nitrogens is 1. The van der Waals surface area contributed by atoms with E-state index < -0.39 is 5.54 Å². The molecule has 4 heterocycles. The Morgan fingerprint density at radius 3 is 2.58 bits per heavy atom. The quantitative estimate of drug-likeness (QED) is 0.686. The van der Waals surface area contributed by atoms with Crippen molar-refractivity contribution in [2.75, 3.05) is 26.2 Å². The van der Waals surface area contributed by atoms with E-state index in [2.05, 4.69) is 34.7 Å². The van der Waals surface area contributed by atoms with E-state index in [1.54, 1.807) is 11.3 Å². The highest BCUT2D eigenvalue weighted by Crippen LogP contribution is 2.36. The van der Waals surface area contributed by atoms with Crippen LogP contribution in [0.3, 0.4) is 0 Å². The zero-order valence-electron chi connectivity index (χ0n) is 20.4. The monoisotopic (exact) mass is 470 g/mol. The summed E-state index contributed by atoms with van der Waals surface area (Å²) in [5, 5.41) is 3.36. The highest BCUT2D eigenvalue weighted by atomic mass is 32.1. The van der Waals surface area contributed by atoms with Crippen LogP contribution in [0.5, 0.6) is 0 Å². The summed E-state index contributed by atoms with van der Waals surface area (Å²) in [6.45, 7) is 10.6. The van der Waals surface area contributed by atoms with Gasteiger partial charge in [0.1, 0.15) is 11.2 Å². The van der Waals surface area contributed by atoms with Crippen LogP contribution < -0.4 is 5.32 Å². The second kappa shape index (κ2) is 9.06. The van der Waals surface area contributed by atoms with Crippen molar-refractivity contribution in [1.82, 2.24) is 19.7 Å². The zero-order valence-corrected chi connectivity index (χ0v) is 21.2. The first-order valence-electron chi connectivity index (χ1n) is 12.9. The van der Waals surface area contributed by atoms with E-state index in [1.807, 2.05) is 17.9 Å². The Hall–Kier alpha value is -1.86. The van der Waals surface area contributed by atoms with Crippen molar-refractivity contribution in [3.8, 4) is 0 Å². The molecule has 1 N–H and O–H groups in total. The molecule has 2 fully saturated rings. The molecule has 0 bridgehead atoms. The molecule has 2 aromatic heterocycles. The van der Waals surface area contributed by atoms with Crippen molar-refractivity contribution >= 4 is 33.4 Å². The number of nitrogens with one attached hydrogen (secondary N) is 1. The number of thiophene rings is 1. The average molecular weight is 471 g/mol. The minimum atomic E-state index is -0.882. The second-order valence-corrected chi connectivity index (χ2v) is 11.8. The fourth-order valence-electron chi connectivity index (χ4n) is 5.91. The van der Waals surface area contributed by atoms with Gasteiger partial charge in [-0.3, -0.25) is 9.59 Å². The van der Waals surface area contributed by atoms with E-state index in [0.29, 0.717) is 13.1 Å². The van der Waals surface area contributed by atoms with Crippen LogP contribution in [0.15, 0.2) is 12.1 Å². The molecular weight excluding hydrogens is 432 g/mol. The van der Waals surface area contributed by atoms with Crippen molar-refractivity contribution in [2.24, 2.45) is 5.92 Å². The molecule has 2 amide bonds. The number of carbonyl (C=O) groups is 2. The number of aryl methyl sites for hydroxylation is 1. The lowest BCUT2D eigenvalue weighted by molar-refractivity contribution is -0.134. The molecule has 6 nitrogen and oxygen atoms in total. The molecule has 0 spiro atoms. The maximum atomic E-state index is 13.8. The van der Waals surface area contributed by atoms with E-state index in [1.165, 1.54) is 17.7 Å². The minimum absolute atomic E-state index is 0.00295. The first kappa shape index (κ1) is 22.9. The minimum Gasteiger partial charge on any atom is -0.351 e. The van der Waals surface area contributed by atoms with Gasteiger partial charge in [0, 0.05) is 24.0 Å². The van der Waals surface area contributed by atoms with Gasteiger partial charge in [-0.2, -0.15) is 0 Å². The van der Waals surface area contributed by atoms with Crippen LogP contribution in [-0.4, -0.2) is 63.9 Å². The molecule has 5 rings (SSSR count). The third-order valence-corrected chi connectivity index (χ3v) is 9.41. The number of amides is 2. The first-order valence-corrected chi connectivity index (χ1v) is 13.7. The van der Waals surface area contributed by atoms with Crippen LogP contribution in [0.2, 0.25) is 0 Å². The molecule has 1 saturated heterocycles. The Balaban J connectivity index is 1.44. The number of nitrogens with zero attached hydrogens (tertiary/aromatic N) is 3. The van der Waals surface area contributed by atoms with Crippen molar-refractivity contribution < 1.29 is 9.59 Å². The number of hydrogen-bond donors (Lipinski definition) is 1. The molecule has 0 radical (unpaired) electrons. The predicted octanol–water partition coefficient (Wildman–Crippen LogP) is 4.27. The van der Waals surface area contributed by atoms with Crippen LogP contribution in [-0.2, 0) is 17.8 Å². The molecule has 3 aliphatic rings. The van der Waals surface area contributed by atoms with Crippen LogP contribution in [0.25, 0.3) is 10.2 Å². The molecule has 2 aliphatic heterocycles. The zero-order chi connectivity index (χ0) is 23.2. The molecule has 33 heavy (non-hydrogen) atoms. The lowest BCUT2D eigenvalue weighted by Gasteiger charge is -2.45. The standard InChI is InChI=1S/C26H38N4O2S/c1-4-20-15-21-23(33-20)16-22-24(31)30(14-13-28-11-5-6-12-28)26(3,17-29(21)22)25(32)27-19-9-7-18(2)8-10-19/h15-16,18-19H,4-14,17H2,1-3H3,(H,27,32). The summed E-state index contributed by atoms with van der Waals surface area (Å²) in [6.07, 6.45) is 7.84. The Morgan fingerprint density at radius 2 is 1.88 bits per heavy atom. The summed E-state index contributed by atoms with van der Waals surface area (Å²) < 4.78 is 3.27. The molecule has 2 aromatic rings. The van der Waals surface area contributed by atoms with E-state index in [9.17, 15) is 9.59 Å². The summed E-state index contributed by atoms with van der Waals surface area (Å²) in [5.74, 6) is 0.746. The van der Waals surface area contributed by atoms with Crippen molar-refractivity contribution in [3.05, 3.63) is 22.7 Å². The molecule has 0 aromatic carbocycles. The highest BCUT2D eigenvalue weighted by Gasteiger charge is 2.48. The highest BCUT2D eigenvalue weighted by molar-refractivity contribution is 7.19. The number of carbonyl (C=O) groups excluding carboxylic acids is 2. The molecule has 1 aliphatic carbocycles. The summed E-state index contributed by atoms with van der Waals surface area (Å²) >= 11 is 1.76. The number of fused-ring (bicyclic) bond motifs is 3. The number of hydrogen-bond acceptors (Lipinski definition) is 4. The van der Waals surface area contributed by atoms with Gasteiger partial charge in [0.05, 0.1) is 16.8 Å². The van der Waals surface area contributed by atoms with E-state index in [0.717, 1.165) is 73.6 Å². The first-order chi connectivity index (χ1) is 15.9. The predicted molar refractivity (Wildman–Crippen MR) is 134 cm³/mol. The van der Waals surface area contributed by atoms with Crippen LogP contribution in [0, 0.1) is 5.92 Å². The van der Waals surface area contributed by atoms with Gasteiger partial charge in [-0.1, -0.05) is 13.8 Å². The third-order valence-electron chi connectivity index (χ3n) is 8.19. The summed E-state index contributed by atoms with van der Waals surface area (Å²) in [5.41, 5.74) is 0.953. The normalized spacial score (nSPS) is 28.5. The third kappa shape index (κ3) is 4.23. The second-order valence-electron chi connectivity index (χ2n) is 10.6. The van der Waals surface area contributed by atoms with Gasteiger partial charge in [-0.25, -0.2) is 0 Å². The van der Waals surface area contributed by atoms with Gasteiger partial charge in [0.2, 0.25) is 5.91 Å². The maximum absolute atomic E-state index is 13.8. The van der Waals surface area contributed by atoms with E-state index in [4.69, 9.17) is 0 Å². The number of rotatable bonds is 6. The van der Waals surface area contributed by atoms with Crippen LogP contribution in [0.4, 0.5) is 0 Å². The van der Waals surface area contributed by atoms with Gasteiger partial charge in [-0.15, -0.1) is 11.3 Å². The summed E-state index contributed by atoms with van der Waals surface area (Å²) in [4.78, 5) is 33.3. The van der Waals surface area contributed by atoms with Crippen molar-refractivity contribution in [1.29, 1.82) is 0 Å². The lowest BCUT2D eigenvalue weighted by atomic mass is 9.86. The molecule has 1 saturated carbocycles. The molecule has 1 atom stereocenters. The molecule has 1 unspecified atom stereocenters. The Morgan fingerprint density at radius 1 is 1.15 bits per heavy atom. The molecule has 180 valence electrons. The van der Waals surface area contributed by atoms with Crippen molar-refractivity contribution in [2.45, 2.75) is 83.8 Å². The number of likely N-dealkylation sites (tertiary alicyclic amines) is 1. The van der Waals surface area contributed by atoms with Crippen molar-refractivity contribution in [3.63, 3.8) is 0 Å². The van der Waals surface area contributed by atoms with Gasteiger partial charge in [0.15, 0.2) is 0 Å². The fraction of sp³-hybridized carbons (Fsp3) is 0.692. The van der Waals surface area contributed by atoms with Crippen LogP contribution >= 0.6 is 11.3 Å². The van der Waals surface area contributed by atoms with Gasteiger partial charge < -0.3 is 19.7 Å². The lowest BCUT2D eigenvalue weighted by Crippen LogP contribution is -2.65. The molecule has 7 heteroatoms.